The molecule has 2 aromatic heterocycles. The van der Waals surface area contributed by atoms with E-state index >= 15 is 0 Å². The number of esters is 1. The smallest absolute Gasteiger partial charge is 0.346 e. The maximum absolute atomic E-state index is 13.8. The van der Waals surface area contributed by atoms with E-state index in [4.69, 9.17) is 9.72 Å². The topological polar surface area (TPSA) is 96.8 Å². The lowest BCUT2D eigenvalue weighted by atomic mass is 9.89. The van der Waals surface area contributed by atoms with Crippen molar-refractivity contribution in [1.29, 1.82) is 0 Å². The van der Waals surface area contributed by atoms with Crippen molar-refractivity contribution in [3.63, 3.8) is 0 Å². The highest BCUT2D eigenvalue weighted by molar-refractivity contribution is 7.12. The van der Waals surface area contributed by atoms with Crippen molar-refractivity contribution in [2.45, 2.75) is 38.5 Å². The van der Waals surface area contributed by atoms with Crippen LogP contribution in [0.25, 0.3) is 5.70 Å². The maximum Gasteiger partial charge on any atom is 0.346 e. The van der Waals surface area contributed by atoms with Crippen LogP contribution < -0.4 is 0 Å². The Morgan fingerprint density at radius 3 is 2.67 bits per heavy atom. The highest BCUT2D eigenvalue weighted by atomic mass is 32.1. The molecule has 0 radical (unpaired) electrons. The van der Waals surface area contributed by atoms with Crippen LogP contribution in [0, 0.1) is 12.7 Å². The average molecular weight is 561 g/mol. The Morgan fingerprint density at radius 1 is 1.15 bits per heavy atom. The summed E-state index contributed by atoms with van der Waals surface area (Å²) in [5, 5.41) is 11.2. The van der Waals surface area contributed by atoms with Gasteiger partial charge in [-0.2, -0.15) is 0 Å². The van der Waals surface area contributed by atoms with Crippen molar-refractivity contribution in [3.05, 3.63) is 104 Å². The molecule has 3 heterocycles. The van der Waals surface area contributed by atoms with E-state index in [-0.39, 0.29) is 29.5 Å². The minimum Gasteiger partial charge on any atom is -0.435 e. The van der Waals surface area contributed by atoms with Gasteiger partial charge in [0, 0.05) is 36.7 Å². The number of aliphatic hydroxyl groups is 1. The molecule has 0 bridgehead atoms. The lowest BCUT2D eigenvalue weighted by Gasteiger charge is -2.28. The first-order valence-corrected chi connectivity index (χ1v) is 14.0. The number of benzene rings is 1. The quantitative estimate of drug-likeness (QED) is 0.188. The molecule has 40 heavy (non-hydrogen) atoms. The molecule has 7 nitrogen and oxygen atoms in total. The van der Waals surface area contributed by atoms with Crippen LogP contribution in [-0.4, -0.2) is 52.4 Å². The van der Waals surface area contributed by atoms with E-state index in [1.165, 1.54) is 23.5 Å². The summed E-state index contributed by atoms with van der Waals surface area (Å²) in [6.07, 6.45) is 3.32. The van der Waals surface area contributed by atoms with Gasteiger partial charge >= 0.3 is 5.97 Å². The predicted molar refractivity (Wildman–Crippen MR) is 149 cm³/mol. The first-order valence-electron chi connectivity index (χ1n) is 13.2. The summed E-state index contributed by atoms with van der Waals surface area (Å²) in [6.45, 7) is 1.87. The molecule has 0 amide bonds. The fourth-order valence-corrected chi connectivity index (χ4v) is 6.08. The molecule has 0 spiro atoms. The van der Waals surface area contributed by atoms with Gasteiger partial charge in [-0.15, -0.1) is 11.3 Å². The predicted octanol–water partition coefficient (Wildman–Crippen LogP) is 5.00. The number of nitrogens with zero attached hydrogens (tertiary/aromatic N) is 2. The van der Waals surface area contributed by atoms with Gasteiger partial charge < -0.3 is 14.7 Å². The molecule has 2 aliphatic rings. The number of thiophene rings is 1. The van der Waals surface area contributed by atoms with Crippen LogP contribution in [0.1, 0.15) is 57.4 Å². The van der Waals surface area contributed by atoms with Crippen molar-refractivity contribution in [2.75, 3.05) is 19.9 Å². The lowest BCUT2D eigenvalue weighted by Crippen LogP contribution is -2.29. The first-order chi connectivity index (χ1) is 19.4. The van der Waals surface area contributed by atoms with Gasteiger partial charge in [-0.3, -0.25) is 14.6 Å². The molecule has 9 heteroatoms. The third-order valence-corrected chi connectivity index (χ3v) is 8.11. The van der Waals surface area contributed by atoms with E-state index < -0.39 is 18.5 Å². The largest absolute Gasteiger partial charge is 0.435 e. The number of ketones is 2. The Bertz CT molecular complexity index is 1490. The van der Waals surface area contributed by atoms with E-state index in [9.17, 15) is 23.9 Å². The number of hydrogen-bond acceptors (Lipinski definition) is 8. The molecule has 1 aliphatic heterocycles. The van der Waals surface area contributed by atoms with Crippen LogP contribution in [0.4, 0.5) is 4.39 Å². The molecule has 0 saturated carbocycles. The van der Waals surface area contributed by atoms with Gasteiger partial charge in [-0.05, 0) is 73.0 Å². The molecule has 1 aliphatic carbocycles. The number of aliphatic hydroxyl groups excluding tert-OH is 1. The lowest BCUT2D eigenvalue weighted by molar-refractivity contribution is -0.148. The fourth-order valence-electron chi connectivity index (χ4n) is 5.38. The maximum atomic E-state index is 13.8. The van der Waals surface area contributed by atoms with Crippen LogP contribution in [0.3, 0.4) is 0 Å². The van der Waals surface area contributed by atoms with E-state index in [1.807, 2.05) is 41.5 Å². The summed E-state index contributed by atoms with van der Waals surface area (Å²) >= 11 is 1.39. The number of hydrogen-bond donors (Lipinski definition) is 1. The molecule has 5 rings (SSSR count). The number of Topliss-reactive ketones (excluding diaryl/α,β-unsaturated/α-hetero) is 2. The summed E-state index contributed by atoms with van der Waals surface area (Å²) in [7, 11) is 0. The Labute approximate surface area is 235 Å². The zero-order valence-electron chi connectivity index (χ0n) is 22.1. The molecule has 0 fully saturated rings. The van der Waals surface area contributed by atoms with Crippen LogP contribution in [-0.2, 0) is 20.7 Å². The summed E-state index contributed by atoms with van der Waals surface area (Å²) in [6, 6.07) is 13.5. The minimum atomic E-state index is -0.899. The summed E-state index contributed by atoms with van der Waals surface area (Å²) in [5.74, 6) is -2.05. The number of rotatable bonds is 7. The van der Waals surface area contributed by atoms with Gasteiger partial charge in [0.1, 0.15) is 11.4 Å². The number of aromatic nitrogens is 1. The normalized spacial score (nSPS) is 17.6. The van der Waals surface area contributed by atoms with Gasteiger partial charge in [0.25, 0.3) is 0 Å². The Kier molecular flexibility index (Phi) is 8.32. The number of pyridine rings is 1. The molecule has 1 atom stereocenters. The molecular formula is C31H29FN2O5S. The van der Waals surface area contributed by atoms with E-state index in [0.29, 0.717) is 59.8 Å². The Hall–Kier alpha value is -3.95. The number of carbonyl (C=O) groups excluding carboxylic acids is 3. The molecular weight excluding hydrogens is 531 g/mol. The Morgan fingerprint density at radius 2 is 1.95 bits per heavy atom. The third kappa shape index (κ3) is 5.80. The van der Waals surface area contributed by atoms with E-state index in [0.717, 1.165) is 11.3 Å². The summed E-state index contributed by atoms with van der Waals surface area (Å²) in [5.41, 5.74) is 3.89. The second kappa shape index (κ2) is 12.1. The highest BCUT2D eigenvalue weighted by Gasteiger charge is 2.37. The van der Waals surface area contributed by atoms with Crippen molar-refractivity contribution in [3.8, 4) is 0 Å². The van der Waals surface area contributed by atoms with Gasteiger partial charge in [0.15, 0.2) is 18.4 Å². The van der Waals surface area contributed by atoms with Crippen LogP contribution >= 0.6 is 11.3 Å². The van der Waals surface area contributed by atoms with Crippen LogP contribution in [0.15, 0.2) is 71.1 Å². The molecule has 1 aromatic carbocycles. The zero-order valence-corrected chi connectivity index (χ0v) is 22.9. The van der Waals surface area contributed by atoms with Crippen molar-refractivity contribution in [2.24, 2.45) is 0 Å². The first kappa shape index (κ1) is 27.6. The van der Waals surface area contributed by atoms with Gasteiger partial charge in [-0.1, -0.05) is 24.3 Å². The standard InChI is InChI=1S/C31H29FN2O5S/c1-19-6-11-24-28(33-19)22(16-20-7-9-23(32)10-8-20)17-25(36)27(31(38)39-18-35)29(24)34-13-2-4-21(12-14-34)30(37)26-5-3-15-40-26/h3-11,15,22,35H,2,12-14,16-18H2,1H3. The molecule has 3 aromatic rings. The van der Waals surface area contributed by atoms with Crippen molar-refractivity contribution in [1.82, 2.24) is 9.88 Å². The van der Waals surface area contributed by atoms with E-state index in [2.05, 4.69) is 0 Å². The van der Waals surface area contributed by atoms with Crippen LogP contribution in [0.2, 0.25) is 0 Å². The third-order valence-electron chi connectivity index (χ3n) is 7.24. The van der Waals surface area contributed by atoms with Gasteiger partial charge in [0.2, 0.25) is 0 Å². The molecule has 1 unspecified atom stereocenters. The monoisotopic (exact) mass is 560 g/mol. The molecule has 206 valence electrons. The fraction of sp³-hybridized carbons (Fsp3) is 0.290. The second-order valence-electron chi connectivity index (χ2n) is 9.89. The van der Waals surface area contributed by atoms with E-state index in [1.54, 1.807) is 18.2 Å². The van der Waals surface area contributed by atoms with Gasteiger partial charge in [0.05, 0.1) is 16.3 Å². The number of ether oxygens (including phenoxy) is 1. The average Bonchev–Trinajstić information content (AvgIpc) is 3.33. The van der Waals surface area contributed by atoms with Gasteiger partial charge in [-0.25, -0.2) is 9.18 Å². The summed E-state index contributed by atoms with van der Waals surface area (Å²) in [4.78, 5) is 47.5. The highest BCUT2D eigenvalue weighted by Crippen LogP contribution is 2.39. The minimum absolute atomic E-state index is 0.00556. The van der Waals surface area contributed by atoms with Crippen molar-refractivity contribution >= 4 is 34.6 Å². The molecule has 0 saturated heterocycles. The second-order valence-corrected chi connectivity index (χ2v) is 10.8. The Balaban J connectivity index is 1.55. The SMILES string of the molecule is Cc1ccc2c(n1)C(Cc1ccc(F)cc1)CC(=O)C(C(=O)OCO)=C2N1CCC=C(C(=O)c2cccs2)CC1. The number of fused-ring (bicyclic) bond motifs is 1. The summed E-state index contributed by atoms with van der Waals surface area (Å²) < 4.78 is 18.5. The molecule has 1 N–H and O–H groups in total. The van der Waals surface area contributed by atoms with Crippen LogP contribution in [0.5, 0.6) is 0 Å². The number of aryl methyl sites for hydroxylation is 1. The number of carbonyl (C=O) groups is 3. The number of halogens is 1. The van der Waals surface area contributed by atoms with Crippen molar-refractivity contribution < 1.29 is 28.6 Å². The zero-order chi connectivity index (χ0) is 28.2.